The second-order valence-electron chi connectivity index (χ2n) is 6.30. The van der Waals surface area contributed by atoms with Crippen molar-refractivity contribution in [1.82, 2.24) is 29.4 Å². The van der Waals surface area contributed by atoms with Gasteiger partial charge in [-0.05, 0) is 36.2 Å². The quantitative estimate of drug-likeness (QED) is 0.404. The molecule has 10 heteroatoms. The minimum atomic E-state index is -0.152. The van der Waals surface area contributed by atoms with Gasteiger partial charge in [-0.2, -0.15) is 14.6 Å². The number of furan rings is 1. The third-order valence-electron chi connectivity index (χ3n) is 4.49. The third-order valence-corrected chi connectivity index (χ3v) is 4.49. The summed E-state index contributed by atoms with van der Waals surface area (Å²) in [5.41, 5.74) is 8.07. The van der Waals surface area contributed by atoms with E-state index in [1.54, 1.807) is 35.3 Å². The Morgan fingerprint density at radius 2 is 1.96 bits per heavy atom. The van der Waals surface area contributed by atoms with Gasteiger partial charge in [0.05, 0.1) is 17.8 Å². The maximum atomic E-state index is 9.64. The van der Waals surface area contributed by atoms with Crippen LogP contribution >= 0.6 is 0 Å². The molecule has 0 aliphatic heterocycles. The molecule has 0 saturated heterocycles. The van der Waals surface area contributed by atoms with Crippen LogP contribution in [0.3, 0.4) is 0 Å². The van der Waals surface area contributed by atoms with Gasteiger partial charge in [-0.25, -0.2) is 9.67 Å². The van der Waals surface area contributed by atoms with Crippen LogP contribution in [0.4, 0.5) is 5.95 Å². The SMILES string of the molecule is Nc1nc2c(cnn2CCc2ccc(O)c(O)c2)c2nc(-c3ccco3)nn12. The molecule has 0 amide bonds. The smallest absolute Gasteiger partial charge is 0.225 e. The molecule has 0 aliphatic carbocycles. The Bertz CT molecular complexity index is 1300. The maximum Gasteiger partial charge on any atom is 0.225 e. The average Bonchev–Trinajstić information content (AvgIpc) is 3.41. The highest BCUT2D eigenvalue weighted by molar-refractivity contribution is 5.90. The Balaban J connectivity index is 1.53. The van der Waals surface area contributed by atoms with Crippen molar-refractivity contribution in [3.63, 3.8) is 0 Å². The van der Waals surface area contributed by atoms with E-state index in [4.69, 9.17) is 10.2 Å². The van der Waals surface area contributed by atoms with Crippen LogP contribution in [0, 0.1) is 0 Å². The lowest BCUT2D eigenvalue weighted by molar-refractivity contribution is 0.403. The third kappa shape index (κ3) is 2.50. The Labute approximate surface area is 157 Å². The summed E-state index contributed by atoms with van der Waals surface area (Å²) in [6, 6.07) is 8.26. The van der Waals surface area contributed by atoms with Gasteiger partial charge in [0.1, 0.15) is 0 Å². The van der Waals surface area contributed by atoms with Gasteiger partial charge in [0.2, 0.25) is 11.8 Å². The number of hydrogen-bond donors (Lipinski definition) is 3. The van der Waals surface area contributed by atoms with Crippen molar-refractivity contribution in [2.45, 2.75) is 13.0 Å². The van der Waals surface area contributed by atoms with Crippen molar-refractivity contribution < 1.29 is 14.6 Å². The first-order chi connectivity index (χ1) is 13.6. The van der Waals surface area contributed by atoms with Gasteiger partial charge >= 0.3 is 0 Å². The summed E-state index contributed by atoms with van der Waals surface area (Å²) in [4.78, 5) is 8.94. The Morgan fingerprint density at radius 1 is 1.07 bits per heavy atom. The van der Waals surface area contributed by atoms with Gasteiger partial charge in [0.25, 0.3) is 0 Å². The van der Waals surface area contributed by atoms with Gasteiger partial charge in [-0.1, -0.05) is 6.07 Å². The zero-order chi connectivity index (χ0) is 19.3. The number of nitrogens with two attached hydrogens (primary N) is 1. The van der Waals surface area contributed by atoms with Gasteiger partial charge in [0, 0.05) is 6.54 Å². The van der Waals surface area contributed by atoms with Crippen molar-refractivity contribution >= 4 is 22.6 Å². The minimum Gasteiger partial charge on any atom is -0.504 e. The number of aromatic nitrogens is 6. The number of nitrogen functional groups attached to an aromatic ring is 1. The van der Waals surface area contributed by atoms with E-state index in [0.29, 0.717) is 41.2 Å². The number of fused-ring (bicyclic) bond motifs is 3. The lowest BCUT2D eigenvalue weighted by atomic mass is 10.1. The fourth-order valence-corrected chi connectivity index (χ4v) is 3.09. The molecule has 10 nitrogen and oxygen atoms in total. The summed E-state index contributed by atoms with van der Waals surface area (Å²) in [5.74, 6) is 0.844. The number of aromatic hydroxyl groups is 2. The highest BCUT2D eigenvalue weighted by atomic mass is 16.3. The van der Waals surface area contributed by atoms with Gasteiger partial charge < -0.3 is 20.4 Å². The summed E-state index contributed by atoms with van der Waals surface area (Å²) >= 11 is 0. The first kappa shape index (κ1) is 16.1. The molecule has 0 unspecified atom stereocenters. The summed E-state index contributed by atoms with van der Waals surface area (Å²) in [5, 5.41) is 28.5. The molecule has 4 heterocycles. The highest BCUT2D eigenvalue weighted by Gasteiger charge is 2.17. The van der Waals surface area contributed by atoms with Crippen LogP contribution in [0.15, 0.2) is 47.2 Å². The van der Waals surface area contributed by atoms with Crippen LogP contribution in [0.25, 0.3) is 28.3 Å². The molecule has 0 aliphatic rings. The van der Waals surface area contributed by atoms with E-state index in [1.165, 1.54) is 16.6 Å². The standard InChI is InChI=1S/C18H15N7O3/c19-18-22-16-11(17-21-15(23-25(17)18)14-2-1-7-28-14)9-20-24(16)6-5-10-3-4-12(26)13(27)8-10/h1-4,7-9,26-27H,5-6H2,(H2,19,22). The summed E-state index contributed by atoms with van der Waals surface area (Å²) in [6.45, 7) is 0.509. The van der Waals surface area contributed by atoms with E-state index >= 15 is 0 Å². The molecule has 0 spiro atoms. The van der Waals surface area contributed by atoms with E-state index in [2.05, 4.69) is 20.2 Å². The van der Waals surface area contributed by atoms with E-state index in [-0.39, 0.29) is 17.4 Å². The lowest BCUT2D eigenvalue weighted by Crippen LogP contribution is -2.07. The number of hydrogen-bond acceptors (Lipinski definition) is 8. The largest absolute Gasteiger partial charge is 0.504 e. The van der Waals surface area contributed by atoms with Crippen molar-refractivity contribution in [3.8, 4) is 23.1 Å². The first-order valence-corrected chi connectivity index (χ1v) is 8.52. The van der Waals surface area contributed by atoms with Crippen molar-refractivity contribution in [3.05, 3.63) is 48.4 Å². The molecule has 140 valence electrons. The zero-order valence-corrected chi connectivity index (χ0v) is 14.5. The van der Waals surface area contributed by atoms with E-state index in [1.807, 2.05) is 0 Å². The van der Waals surface area contributed by atoms with Crippen LogP contribution in [-0.4, -0.2) is 39.6 Å². The molecule has 4 N–H and O–H groups in total. The summed E-state index contributed by atoms with van der Waals surface area (Å²) < 4.78 is 8.53. The van der Waals surface area contributed by atoms with Crippen molar-refractivity contribution in [2.75, 3.05) is 5.73 Å². The van der Waals surface area contributed by atoms with Gasteiger partial charge in [-0.3, -0.25) is 0 Å². The molecule has 0 saturated carbocycles. The van der Waals surface area contributed by atoms with Crippen LogP contribution in [0.5, 0.6) is 11.5 Å². The number of phenols is 2. The number of aryl methyl sites for hydroxylation is 2. The minimum absolute atomic E-state index is 0.149. The summed E-state index contributed by atoms with van der Waals surface area (Å²) in [6.07, 6.45) is 3.81. The second-order valence-corrected chi connectivity index (χ2v) is 6.30. The fraction of sp³-hybridized carbons (Fsp3) is 0.111. The topological polar surface area (TPSA) is 141 Å². The molecule has 28 heavy (non-hydrogen) atoms. The van der Waals surface area contributed by atoms with Crippen molar-refractivity contribution in [2.24, 2.45) is 0 Å². The Hall–Kier alpha value is -4.08. The Kier molecular flexibility index (Phi) is 3.44. The maximum absolute atomic E-state index is 9.64. The van der Waals surface area contributed by atoms with E-state index in [9.17, 15) is 10.2 Å². The number of phenolic OH excluding ortho intramolecular Hbond substituents is 2. The lowest BCUT2D eigenvalue weighted by Gasteiger charge is -2.06. The normalized spacial score (nSPS) is 11.6. The molecule has 0 bridgehead atoms. The van der Waals surface area contributed by atoms with E-state index < -0.39 is 0 Å². The van der Waals surface area contributed by atoms with Crippen molar-refractivity contribution in [1.29, 1.82) is 0 Å². The molecule has 5 aromatic rings. The number of benzene rings is 1. The Morgan fingerprint density at radius 3 is 2.75 bits per heavy atom. The molecule has 5 rings (SSSR count). The molecule has 0 atom stereocenters. The number of rotatable bonds is 4. The zero-order valence-electron chi connectivity index (χ0n) is 14.5. The summed E-state index contributed by atoms with van der Waals surface area (Å²) in [7, 11) is 0. The number of anilines is 1. The van der Waals surface area contributed by atoms with E-state index in [0.717, 1.165) is 5.56 Å². The van der Waals surface area contributed by atoms with Crippen LogP contribution in [0.2, 0.25) is 0 Å². The molecule has 1 aromatic carbocycles. The average molecular weight is 377 g/mol. The van der Waals surface area contributed by atoms with Crippen LogP contribution < -0.4 is 5.73 Å². The van der Waals surface area contributed by atoms with Crippen LogP contribution in [-0.2, 0) is 13.0 Å². The van der Waals surface area contributed by atoms with Gasteiger partial charge in [0.15, 0.2) is 28.6 Å². The predicted molar refractivity (Wildman–Crippen MR) is 99.7 cm³/mol. The molecule has 0 radical (unpaired) electrons. The van der Waals surface area contributed by atoms with Crippen LogP contribution in [0.1, 0.15) is 5.56 Å². The van der Waals surface area contributed by atoms with Gasteiger partial charge in [-0.15, -0.1) is 5.10 Å². The molecular formula is C18H15N7O3. The predicted octanol–water partition coefficient (Wildman–Crippen LogP) is 1.97. The first-order valence-electron chi connectivity index (χ1n) is 8.52. The highest BCUT2D eigenvalue weighted by Crippen LogP contribution is 2.26. The fourth-order valence-electron chi connectivity index (χ4n) is 3.09. The molecule has 4 aromatic heterocycles. The monoisotopic (exact) mass is 377 g/mol. The molecular weight excluding hydrogens is 362 g/mol. The second kappa shape index (κ2) is 5.98. The molecule has 0 fully saturated rings. The number of nitrogens with zero attached hydrogens (tertiary/aromatic N) is 6.